The van der Waals surface area contributed by atoms with E-state index >= 15 is 0 Å². The van der Waals surface area contributed by atoms with Gasteiger partial charge in [0, 0.05) is 12.0 Å². The Morgan fingerprint density at radius 2 is 1.81 bits per heavy atom. The summed E-state index contributed by atoms with van der Waals surface area (Å²) in [6.07, 6.45) is 0.826. The van der Waals surface area contributed by atoms with Crippen molar-refractivity contribution in [1.29, 1.82) is 0 Å². The largest absolute Gasteiger partial charge is 0.493 e. The van der Waals surface area contributed by atoms with E-state index in [1.165, 1.54) is 12.1 Å². The number of ether oxygens (including phenoxy) is 3. The molecule has 138 valence electrons. The molecule has 4 rings (SSSR count). The summed E-state index contributed by atoms with van der Waals surface area (Å²) in [5.41, 5.74) is 1.53. The SMILES string of the molecule is CCOC(=O)CN1C(=O)c2ccc(Oc3ccc4c(c3)CCO4)cc2C1=O. The molecule has 27 heavy (non-hydrogen) atoms. The zero-order valence-electron chi connectivity index (χ0n) is 14.7. The van der Waals surface area contributed by atoms with Crippen molar-refractivity contribution in [3.8, 4) is 17.2 Å². The van der Waals surface area contributed by atoms with Crippen molar-refractivity contribution in [1.82, 2.24) is 4.90 Å². The monoisotopic (exact) mass is 367 g/mol. The highest BCUT2D eigenvalue weighted by atomic mass is 16.5. The van der Waals surface area contributed by atoms with Crippen LogP contribution in [-0.4, -0.2) is 42.4 Å². The Hall–Kier alpha value is -3.35. The molecule has 2 heterocycles. The molecule has 0 saturated carbocycles. The van der Waals surface area contributed by atoms with E-state index in [1.807, 2.05) is 12.1 Å². The van der Waals surface area contributed by atoms with Crippen molar-refractivity contribution in [2.24, 2.45) is 0 Å². The fraction of sp³-hybridized carbons (Fsp3) is 0.250. The lowest BCUT2D eigenvalue weighted by atomic mass is 10.1. The highest BCUT2D eigenvalue weighted by Crippen LogP contribution is 2.33. The molecule has 2 aromatic carbocycles. The van der Waals surface area contributed by atoms with Gasteiger partial charge >= 0.3 is 5.97 Å². The van der Waals surface area contributed by atoms with E-state index < -0.39 is 24.3 Å². The first kappa shape index (κ1) is 17.1. The van der Waals surface area contributed by atoms with Crippen LogP contribution in [0.4, 0.5) is 0 Å². The summed E-state index contributed by atoms with van der Waals surface area (Å²) < 4.78 is 16.1. The van der Waals surface area contributed by atoms with Crippen LogP contribution in [0.5, 0.6) is 17.2 Å². The first-order valence-electron chi connectivity index (χ1n) is 8.66. The predicted octanol–water partition coefficient (Wildman–Crippen LogP) is 2.57. The summed E-state index contributed by atoms with van der Waals surface area (Å²) in [7, 11) is 0. The molecule has 0 unspecified atom stereocenters. The third kappa shape index (κ3) is 3.12. The number of imide groups is 1. The van der Waals surface area contributed by atoms with Crippen LogP contribution in [0.2, 0.25) is 0 Å². The van der Waals surface area contributed by atoms with E-state index in [-0.39, 0.29) is 17.7 Å². The van der Waals surface area contributed by atoms with Crippen molar-refractivity contribution in [2.75, 3.05) is 19.8 Å². The minimum absolute atomic E-state index is 0.186. The number of esters is 1. The maximum absolute atomic E-state index is 12.5. The Morgan fingerprint density at radius 1 is 1.07 bits per heavy atom. The lowest BCUT2D eigenvalue weighted by Gasteiger charge is -2.12. The highest BCUT2D eigenvalue weighted by molar-refractivity contribution is 6.22. The molecule has 7 heteroatoms. The first-order valence-corrected chi connectivity index (χ1v) is 8.66. The summed E-state index contributed by atoms with van der Waals surface area (Å²) in [6.45, 7) is 2.10. The van der Waals surface area contributed by atoms with Crippen molar-refractivity contribution >= 4 is 17.8 Å². The number of nitrogens with zero attached hydrogens (tertiary/aromatic N) is 1. The third-order valence-corrected chi connectivity index (χ3v) is 4.43. The van der Waals surface area contributed by atoms with Gasteiger partial charge in [-0.15, -0.1) is 0 Å². The van der Waals surface area contributed by atoms with E-state index in [0.717, 1.165) is 22.6 Å². The molecule has 2 aliphatic heterocycles. The average Bonchev–Trinajstić information content (AvgIpc) is 3.21. The van der Waals surface area contributed by atoms with E-state index in [2.05, 4.69) is 0 Å². The van der Waals surface area contributed by atoms with Gasteiger partial charge in [0.25, 0.3) is 11.8 Å². The lowest BCUT2D eigenvalue weighted by Crippen LogP contribution is -2.35. The number of rotatable bonds is 5. The highest BCUT2D eigenvalue weighted by Gasteiger charge is 2.37. The van der Waals surface area contributed by atoms with Crippen molar-refractivity contribution in [3.63, 3.8) is 0 Å². The fourth-order valence-corrected chi connectivity index (χ4v) is 3.18. The van der Waals surface area contributed by atoms with Gasteiger partial charge in [-0.25, -0.2) is 0 Å². The molecular formula is C20H17NO6. The maximum atomic E-state index is 12.5. The van der Waals surface area contributed by atoms with Crippen LogP contribution in [0.25, 0.3) is 0 Å². The minimum atomic E-state index is -0.621. The molecule has 0 atom stereocenters. The Bertz CT molecular complexity index is 951. The van der Waals surface area contributed by atoms with Crippen LogP contribution in [-0.2, 0) is 16.0 Å². The summed E-state index contributed by atoms with van der Waals surface area (Å²) in [5, 5.41) is 0. The lowest BCUT2D eigenvalue weighted by molar-refractivity contribution is -0.143. The second-order valence-corrected chi connectivity index (χ2v) is 6.18. The number of amides is 2. The summed E-state index contributed by atoms with van der Waals surface area (Å²) in [6, 6.07) is 10.2. The van der Waals surface area contributed by atoms with Crippen LogP contribution in [0.1, 0.15) is 33.2 Å². The fourth-order valence-electron chi connectivity index (χ4n) is 3.18. The van der Waals surface area contributed by atoms with E-state index in [0.29, 0.717) is 18.1 Å². The quantitative estimate of drug-likeness (QED) is 0.597. The summed E-state index contributed by atoms with van der Waals surface area (Å²) in [5.74, 6) is 0.252. The van der Waals surface area contributed by atoms with E-state index in [9.17, 15) is 14.4 Å². The van der Waals surface area contributed by atoms with Gasteiger partial charge in [0.05, 0.1) is 24.3 Å². The molecule has 0 aromatic heterocycles. The van der Waals surface area contributed by atoms with Gasteiger partial charge in [-0.2, -0.15) is 0 Å². The normalized spacial score (nSPS) is 14.6. The summed E-state index contributed by atoms with van der Waals surface area (Å²) >= 11 is 0. The molecule has 2 aliphatic rings. The Balaban J connectivity index is 1.55. The van der Waals surface area contributed by atoms with Gasteiger partial charge < -0.3 is 14.2 Å². The number of benzene rings is 2. The second kappa shape index (κ2) is 6.75. The predicted molar refractivity (Wildman–Crippen MR) is 94.2 cm³/mol. The van der Waals surface area contributed by atoms with Crippen LogP contribution in [0, 0.1) is 0 Å². The Morgan fingerprint density at radius 3 is 2.63 bits per heavy atom. The average molecular weight is 367 g/mol. The molecule has 7 nitrogen and oxygen atoms in total. The van der Waals surface area contributed by atoms with Gasteiger partial charge in [-0.3, -0.25) is 19.3 Å². The van der Waals surface area contributed by atoms with Gasteiger partial charge in [0.1, 0.15) is 23.8 Å². The third-order valence-electron chi connectivity index (χ3n) is 4.43. The van der Waals surface area contributed by atoms with Crippen molar-refractivity contribution in [2.45, 2.75) is 13.3 Å². The van der Waals surface area contributed by atoms with Crippen LogP contribution < -0.4 is 9.47 Å². The van der Waals surface area contributed by atoms with Crippen LogP contribution >= 0.6 is 0 Å². The molecule has 0 aliphatic carbocycles. The van der Waals surface area contributed by atoms with Gasteiger partial charge in [-0.1, -0.05) is 0 Å². The molecule has 0 bridgehead atoms. The minimum Gasteiger partial charge on any atom is -0.493 e. The second-order valence-electron chi connectivity index (χ2n) is 6.18. The van der Waals surface area contributed by atoms with Gasteiger partial charge in [0.15, 0.2) is 0 Å². The molecule has 0 N–H and O–H groups in total. The number of carbonyl (C=O) groups excluding carboxylic acids is 3. The molecular weight excluding hydrogens is 350 g/mol. The van der Waals surface area contributed by atoms with Gasteiger partial charge in [-0.05, 0) is 43.3 Å². The summed E-state index contributed by atoms with van der Waals surface area (Å²) in [4.78, 5) is 37.4. The number of hydrogen-bond donors (Lipinski definition) is 0. The van der Waals surface area contributed by atoms with Crippen LogP contribution in [0.15, 0.2) is 36.4 Å². The Kier molecular flexibility index (Phi) is 4.27. The number of carbonyl (C=O) groups is 3. The smallest absolute Gasteiger partial charge is 0.326 e. The van der Waals surface area contributed by atoms with E-state index in [1.54, 1.807) is 19.1 Å². The molecule has 2 amide bonds. The topological polar surface area (TPSA) is 82.1 Å². The maximum Gasteiger partial charge on any atom is 0.326 e. The standard InChI is InChI=1S/C20H17NO6/c1-2-25-18(22)11-21-19(23)15-5-3-14(10-16(15)20(21)24)27-13-4-6-17-12(9-13)7-8-26-17/h3-6,9-10H,2,7-8,11H2,1H3. The Labute approximate surface area is 155 Å². The van der Waals surface area contributed by atoms with Crippen LogP contribution in [0.3, 0.4) is 0 Å². The molecule has 0 radical (unpaired) electrons. The molecule has 2 aromatic rings. The van der Waals surface area contributed by atoms with Crippen molar-refractivity contribution in [3.05, 3.63) is 53.1 Å². The molecule has 0 spiro atoms. The van der Waals surface area contributed by atoms with Gasteiger partial charge in [0.2, 0.25) is 0 Å². The molecule has 0 fully saturated rings. The number of hydrogen-bond acceptors (Lipinski definition) is 6. The zero-order valence-corrected chi connectivity index (χ0v) is 14.7. The van der Waals surface area contributed by atoms with E-state index in [4.69, 9.17) is 14.2 Å². The zero-order chi connectivity index (χ0) is 19.0. The first-order chi connectivity index (χ1) is 13.1. The number of fused-ring (bicyclic) bond motifs is 2. The molecule has 0 saturated heterocycles. The van der Waals surface area contributed by atoms with Crippen molar-refractivity contribution < 1.29 is 28.6 Å².